The van der Waals surface area contributed by atoms with Gasteiger partial charge in [0.2, 0.25) is 0 Å². The van der Waals surface area contributed by atoms with E-state index in [0.717, 1.165) is 12.1 Å². The van der Waals surface area contributed by atoms with Crippen LogP contribution in [0.25, 0.3) is 0 Å². The van der Waals surface area contributed by atoms with Gasteiger partial charge in [0.1, 0.15) is 0 Å². The number of rotatable bonds is 9. The molecule has 1 aromatic heterocycles. The van der Waals surface area contributed by atoms with Gasteiger partial charge in [-0.15, -0.1) is 0 Å². The predicted octanol–water partition coefficient (Wildman–Crippen LogP) is 2.12. The van der Waals surface area contributed by atoms with Gasteiger partial charge < -0.3 is 15.2 Å². The zero-order valence-corrected chi connectivity index (χ0v) is 12.5. The molecule has 2 N–H and O–H groups in total. The van der Waals surface area contributed by atoms with Gasteiger partial charge in [-0.25, -0.2) is 0 Å². The summed E-state index contributed by atoms with van der Waals surface area (Å²) in [5.41, 5.74) is 7.12. The van der Waals surface area contributed by atoms with Crippen molar-refractivity contribution < 1.29 is 9.47 Å². The number of nitrogens with zero attached hydrogens (tertiary/aromatic N) is 2. The summed E-state index contributed by atoms with van der Waals surface area (Å²) in [6.07, 6.45) is 3.37. The van der Waals surface area contributed by atoms with E-state index in [0.29, 0.717) is 25.7 Å². The molecular formula is C14H27N3O2. The minimum absolute atomic E-state index is 0.194. The van der Waals surface area contributed by atoms with E-state index in [2.05, 4.69) is 18.9 Å². The van der Waals surface area contributed by atoms with Crippen molar-refractivity contribution in [3.05, 3.63) is 18.0 Å². The van der Waals surface area contributed by atoms with Gasteiger partial charge in [-0.3, -0.25) is 4.68 Å². The Morgan fingerprint density at radius 1 is 1.26 bits per heavy atom. The third-order valence-corrected chi connectivity index (χ3v) is 3.16. The molecule has 0 fully saturated rings. The average Bonchev–Trinajstić information content (AvgIpc) is 2.86. The van der Waals surface area contributed by atoms with Crippen molar-refractivity contribution in [1.82, 2.24) is 9.78 Å². The smallest absolute Gasteiger partial charge is 0.172 e. The Morgan fingerprint density at radius 3 is 2.42 bits per heavy atom. The molecule has 0 aromatic carbocycles. The Labute approximate surface area is 116 Å². The van der Waals surface area contributed by atoms with E-state index >= 15 is 0 Å². The van der Waals surface area contributed by atoms with Crippen LogP contribution in [0.5, 0.6) is 0 Å². The molecular weight excluding hydrogens is 242 g/mol. The van der Waals surface area contributed by atoms with Crippen LogP contribution in [0.2, 0.25) is 0 Å². The number of ether oxygens (including phenoxy) is 2. The molecule has 19 heavy (non-hydrogen) atoms. The van der Waals surface area contributed by atoms with Gasteiger partial charge in [0.05, 0.1) is 11.7 Å². The maximum absolute atomic E-state index is 6.14. The fourth-order valence-electron chi connectivity index (χ4n) is 1.88. The Hall–Kier alpha value is -0.910. The summed E-state index contributed by atoms with van der Waals surface area (Å²) >= 11 is 0. The average molecular weight is 269 g/mol. The first-order valence-corrected chi connectivity index (χ1v) is 7.15. The van der Waals surface area contributed by atoms with Gasteiger partial charge in [-0.05, 0) is 33.3 Å². The van der Waals surface area contributed by atoms with E-state index in [1.54, 1.807) is 0 Å². The molecule has 0 spiro atoms. The summed E-state index contributed by atoms with van der Waals surface area (Å²) in [5.74, 6) is 0. The van der Waals surface area contributed by atoms with Crippen molar-refractivity contribution >= 4 is 0 Å². The number of hydrogen-bond donors (Lipinski definition) is 1. The molecule has 1 rings (SSSR count). The number of hydrogen-bond acceptors (Lipinski definition) is 4. The molecule has 0 aliphatic carbocycles. The van der Waals surface area contributed by atoms with Crippen LogP contribution in [-0.2, 0) is 15.9 Å². The zero-order chi connectivity index (χ0) is 14.3. The molecule has 0 saturated heterocycles. The Kier molecular flexibility index (Phi) is 7.05. The van der Waals surface area contributed by atoms with Gasteiger partial charge in [-0.1, -0.05) is 6.92 Å². The van der Waals surface area contributed by atoms with E-state index in [1.165, 1.54) is 0 Å². The molecule has 0 aliphatic heterocycles. The van der Waals surface area contributed by atoms with E-state index in [-0.39, 0.29) is 12.3 Å². The highest BCUT2D eigenvalue weighted by molar-refractivity contribution is 5.02. The summed E-state index contributed by atoms with van der Waals surface area (Å²) in [4.78, 5) is 0. The van der Waals surface area contributed by atoms with Gasteiger partial charge in [0.15, 0.2) is 6.29 Å². The normalized spacial score (nSPS) is 14.8. The van der Waals surface area contributed by atoms with Gasteiger partial charge in [-0.2, -0.15) is 5.10 Å². The molecule has 110 valence electrons. The molecule has 0 saturated carbocycles. The summed E-state index contributed by atoms with van der Waals surface area (Å²) in [6, 6.07) is 2.24. The molecule has 2 unspecified atom stereocenters. The maximum atomic E-state index is 6.14. The maximum Gasteiger partial charge on any atom is 0.172 e. The van der Waals surface area contributed by atoms with E-state index < -0.39 is 0 Å². The summed E-state index contributed by atoms with van der Waals surface area (Å²) in [5, 5.41) is 4.55. The molecule has 1 aromatic rings. The molecule has 0 radical (unpaired) electrons. The lowest BCUT2D eigenvalue weighted by Crippen LogP contribution is -2.40. The third kappa shape index (κ3) is 4.93. The van der Waals surface area contributed by atoms with Crippen LogP contribution >= 0.6 is 0 Å². The van der Waals surface area contributed by atoms with Crippen molar-refractivity contribution in [2.24, 2.45) is 5.73 Å². The van der Waals surface area contributed by atoms with Crippen molar-refractivity contribution in [2.75, 3.05) is 13.2 Å². The van der Waals surface area contributed by atoms with E-state index in [9.17, 15) is 0 Å². The Morgan fingerprint density at radius 2 is 1.89 bits per heavy atom. The van der Waals surface area contributed by atoms with Crippen LogP contribution in [0.4, 0.5) is 0 Å². The molecule has 5 heteroatoms. The minimum atomic E-state index is -0.358. The largest absolute Gasteiger partial charge is 0.351 e. The second kappa shape index (κ2) is 8.30. The fraction of sp³-hybridized carbons (Fsp3) is 0.786. The molecule has 1 heterocycles. The van der Waals surface area contributed by atoms with Crippen LogP contribution in [0.3, 0.4) is 0 Å². The highest BCUT2D eigenvalue weighted by atomic mass is 16.7. The third-order valence-electron chi connectivity index (χ3n) is 3.16. The molecule has 0 bridgehead atoms. The molecule has 0 amide bonds. The van der Waals surface area contributed by atoms with Crippen molar-refractivity contribution in [2.45, 2.75) is 58.9 Å². The summed E-state index contributed by atoms with van der Waals surface area (Å²) in [6.45, 7) is 9.38. The van der Waals surface area contributed by atoms with Crippen LogP contribution in [0, 0.1) is 0 Å². The first-order chi connectivity index (χ1) is 9.12. The monoisotopic (exact) mass is 269 g/mol. The quantitative estimate of drug-likeness (QED) is 0.698. The lowest BCUT2D eigenvalue weighted by Gasteiger charge is -2.22. The van der Waals surface area contributed by atoms with E-state index in [4.69, 9.17) is 15.2 Å². The predicted molar refractivity (Wildman–Crippen MR) is 75.9 cm³/mol. The lowest BCUT2D eigenvalue weighted by molar-refractivity contribution is -0.148. The van der Waals surface area contributed by atoms with Gasteiger partial charge in [0, 0.05) is 31.9 Å². The number of nitrogens with two attached hydrogens (primary N) is 1. The fourth-order valence-corrected chi connectivity index (χ4v) is 1.88. The second-order valence-corrected chi connectivity index (χ2v) is 4.69. The van der Waals surface area contributed by atoms with Crippen LogP contribution in [0.1, 0.15) is 45.9 Å². The molecule has 2 atom stereocenters. The van der Waals surface area contributed by atoms with Crippen LogP contribution in [0.15, 0.2) is 12.3 Å². The zero-order valence-electron chi connectivity index (χ0n) is 12.5. The SMILES string of the molecule is CCOC(OCC)C(N)Cc1ccn(C(C)CC)n1. The van der Waals surface area contributed by atoms with Crippen molar-refractivity contribution in [3.63, 3.8) is 0 Å². The van der Waals surface area contributed by atoms with Crippen molar-refractivity contribution in [1.29, 1.82) is 0 Å². The second-order valence-electron chi connectivity index (χ2n) is 4.69. The first-order valence-electron chi connectivity index (χ1n) is 7.15. The Balaban J connectivity index is 2.59. The highest BCUT2D eigenvalue weighted by Gasteiger charge is 2.20. The minimum Gasteiger partial charge on any atom is -0.351 e. The lowest BCUT2D eigenvalue weighted by atomic mass is 10.1. The number of aromatic nitrogens is 2. The van der Waals surface area contributed by atoms with Gasteiger partial charge >= 0.3 is 0 Å². The van der Waals surface area contributed by atoms with Gasteiger partial charge in [0.25, 0.3) is 0 Å². The molecule has 0 aliphatic rings. The summed E-state index contributed by atoms with van der Waals surface area (Å²) in [7, 11) is 0. The Bertz CT molecular complexity index is 348. The van der Waals surface area contributed by atoms with Crippen LogP contribution < -0.4 is 5.73 Å². The first kappa shape index (κ1) is 16.1. The van der Waals surface area contributed by atoms with Crippen molar-refractivity contribution in [3.8, 4) is 0 Å². The topological polar surface area (TPSA) is 62.3 Å². The highest BCUT2D eigenvalue weighted by Crippen LogP contribution is 2.11. The standard InChI is InChI=1S/C14H27N3O2/c1-5-11(4)17-9-8-12(16-17)10-13(15)14(18-6-2)19-7-3/h8-9,11,13-14H,5-7,10,15H2,1-4H3. The van der Waals surface area contributed by atoms with E-state index in [1.807, 2.05) is 30.8 Å². The van der Waals surface area contributed by atoms with Crippen LogP contribution in [-0.4, -0.2) is 35.3 Å². The molecule has 5 nitrogen and oxygen atoms in total. The summed E-state index contributed by atoms with van der Waals surface area (Å²) < 4.78 is 13.0.